The molecule has 0 radical (unpaired) electrons. The maximum Gasteiger partial charge on any atom is 0.305 e. The summed E-state index contributed by atoms with van der Waals surface area (Å²) in [7, 11) is 0. The van der Waals surface area contributed by atoms with Gasteiger partial charge >= 0.3 is 5.97 Å². The zero-order valence-electron chi connectivity index (χ0n) is 10.3. The standard InChI is InChI=1S/C11H14N4O4/c1-6-7(5-13-14-6)11(19)15-3-2-12-10(18)8(15)4-9(16)17/h5,8H,2-4H2,1H3,(H,12,18)(H,13,14)(H,16,17). The molecule has 2 heterocycles. The largest absolute Gasteiger partial charge is 0.481 e. The summed E-state index contributed by atoms with van der Waals surface area (Å²) in [6.07, 6.45) is 0.969. The van der Waals surface area contributed by atoms with Crippen LogP contribution in [0.15, 0.2) is 6.20 Å². The summed E-state index contributed by atoms with van der Waals surface area (Å²) in [5.41, 5.74) is 0.940. The topological polar surface area (TPSA) is 115 Å². The van der Waals surface area contributed by atoms with E-state index in [1.54, 1.807) is 6.92 Å². The first-order chi connectivity index (χ1) is 9.00. The Morgan fingerprint density at radius 1 is 1.58 bits per heavy atom. The molecule has 1 aliphatic heterocycles. The second kappa shape index (κ2) is 5.09. The first-order valence-corrected chi connectivity index (χ1v) is 5.81. The van der Waals surface area contributed by atoms with E-state index in [1.165, 1.54) is 11.1 Å². The molecule has 3 N–H and O–H groups in total. The van der Waals surface area contributed by atoms with E-state index in [0.29, 0.717) is 17.8 Å². The maximum atomic E-state index is 12.3. The molecular formula is C11H14N4O4. The summed E-state index contributed by atoms with van der Waals surface area (Å²) in [6.45, 7) is 2.29. The van der Waals surface area contributed by atoms with Crippen LogP contribution in [0.2, 0.25) is 0 Å². The van der Waals surface area contributed by atoms with Gasteiger partial charge < -0.3 is 15.3 Å². The minimum absolute atomic E-state index is 0.285. The zero-order valence-corrected chi connectivity index (χ0v) is 10.3. The molecule has 1 saturated heterocycles. The van der Waals surface area contributed by atoms with Crippen LogP contribution in [0, 0.1) is 6.92 Å². The van der Waals surface area contributed by atoms with Gasteiger partial charge in [-0.1, -0.05) is 0 Å². The van der Waals surface area contributed by atoms with Gasteiger partial charge in [-0.05, 0) is 6.92 Å². The van der Waals surface area contributed by atoms with Crippen LogP contribution in [0.3, 0.4) is 0 Å². The predicted octanol–water partition coefficient (Wildman–Crippen LogP) is -0.867. The fourth-order valence-corrected chi connectivity index (χ4v) is 2.05. The molecule has 8 nitrogen and oxygen atoms in total. The highest BCUT2D eigenvalue weighted by atomic mass is 16.4. The molecule has 1 aromatic heterocycles. The number of H-pyrrole nitrogens is 1. The SMILES string of the molecule is Cc1[nH]ncc1C(=O)N1CCNC(=O)C1CC(=O)O. The summed E-state index contributed by atoms with van der Waals surface area (Å²) in [6, 6.07) is -0.979. The third-order valence-corrected chi connectivity index (χ3v) is 3.02. The zero-order chi connectivity index (χ0) is 14.0. The van der Waals surface area contributed by atoms with Gasteiger partial charge in [-0.3, -0.25) is 19.5 Å². The van der Waals surface area contributed by atoms with Crippen molar-refractivity contribution in [1.82, 2.24) is 20.4 Å². The van der Waals surface area contributed by atoms with E-state index in [-0.39, 0.29) is 12.5 Å². The molecule has 0 aromatic carbocycles. The lowest BCUT2D eigenvalue weighted by molar-refractivity contribution is -0.142. The number of nitrogens with one attached hydrogen (secondary N) is 2. The molecule has 1 aromatic rings. The molecule has 19 heavy (non-hydrogen) atoms. The van der Waals surface area contributed by atoms with Crippen LogP contribution in [0.5, 0.6) is 0 Å². The predicted molar refractivity (Wildman–Crippen MR) is 63.4 cm³/mol. The molecule has 1 unspecified atom stereocenters. The maximum absolute atomic E-state index is 12.3. The molecule has 0 spiro atoms. The fourth-order valence-electron chi connectivity index (χ4n) is 2.05. The Balaban J connectivity index is 2.25. The van der Waals surface area contributed by atoms with Crippen LogP contribution in [0.4, 0.5) is 0 Å². The number of amides is 2. The molecule has 102 valence electrons. The number of aromatic amines is 1. The minimum Gasteiger partial charge on any atom is -0.481 e. The Kier molecular flexibility index (Phi) is 3.50. The highest BCUT2D eigenvalue weighted by molar-refractivity contribution is 5.99. The Labute approximate surface area is 108 Å². The van der Waals surface area contributed by atoms with Crippen LogP contribution in [0.1, 0.15) is 22.5 Å². The molecule has 0 aliphatic carbocycles. The number of carboxylic acid groups (broad SMARTS) is 1. The molecule has 0 bridgehead atoms. The van der Waals surface area contributed by atoms with Gasteiger partial charge in [0.05, 0.1) is 18.2 Å². The van der Waals surface area contributed by atoms with Crippen LogP contribution >= 0.6 is 0 Å². The summed E-state index contributed by atoms with van der Waals surface area (Å²) in [4.78, 5) is 36.1. The molecule has 2 rings (SSSR count). The number of carboxylic acids is 1. The van der Waals surface area contributed by atoms with Crippen molar-refractivity contribution >= 4 is 17.8 Å². The van der Waals surface area contributed by atoms with Crippen molar-refractivity contribution in [1.29, 1.82) is 0 Å². The number of hydrogen-bond donors (Lipinski definition) is 3. The number of aromatic nitrogens is 2. The first-order valence-electron chi connectivity index (χ1n) is 5.81. The van der Waals surface area contributed by atoms with Gasteiger partial charge in [0.1, 0.15) is 6.04 Å². The van der Waals surface area contributed by atoms with Crippen LogP contribution in [0.25, 0.3) is 0 Å². The summed E-state index contributed by atoms with van der Waals surface area (Å²) >= 11 is 0. The Bertz CT molecular complexity index is 525. The number of rotatable bonds is 3. The van der Waals surface area contributed by atoms with E-state index in [0.717, 1.165) is 0 Å². The van der Waals surface area contributed by atoms with E-state index < -0.39 is 24.3 Å². The van der Waals surface area contributed by atoms with Crippen molar-refractivity contribution < 1.29 is 19.5 Å². The highest BCUT2D eigenvalue weighted by Crippen LogP contribution is 2.15. The van der Waals surface area contributed by atoms with Crippen molar-refractivity contribution in [3.05, 3.63) is 17.5 Å². The first kappa shape index (κ1) is 13.1. The van der Waals surface area contributed by atoms with E-state index in [1.807, 2.05) is 0 Å². The molecule has 1 aliphatic rings. The Morgan fingerprint density at radius 2 is 2.32 bits per heavy atom. The molecule has 1 atom stereocenters. The van der Waals surface area contributed by atoms with Crippen LogP contribution < -0.4 is 5.32 Å². The van der Waals surface area contributed by atoms with Gasteiger partial charge in [-0.15, -0.1) is 0 Å². The smallest absolute Gasteiger partial charge is 0.305 e. The van der Waals surface area contributed by atoms with Crippen molar-refractivity contribution in [2.75, 3.05) is 13.1 Å². The summed E-state index contributed by atoms with van der Waals surface area (Å²) in [5.74, 6) is -1.95. The van der Waals surface area contributed by atoms with Gasteiger partial charge in [0.15, 0.2) is 0 Å². The second-order valence-corrected chi connectivity index (χ2v) is 4.31. The second-order valence-electron chi connectivity index (χ2n) is 4.31. The van der Waals surface area contributed by atoms with Crippen molar-refractivity contribution in [3.63, 3.8) is 0 Å². The van der Waals surface area contributed by atoms with Crippen molar-refractivity contribution in [2.24, 2.45) is 0 Å². The van der Waals surface area contributed by atoms with Crippen molar-refractivity contribution in [2.45, 2.75) is 19.4 Å². The molecule has 8 heteroatoms. The summed E-state index contributed by atoms with van der Waals surface area (Å²) < 4.78 is 0. The lowest BCUT2D eigenvalue weighted by Crippen LogP contribution is -2.57. The molecule has 0 saturated carbocycles. The Morgan fingerprint density at radius 3 is 2.89 bits per heavy atom. The quantitative estimate of drug-likeness (QED) is 0.658. The number of carbonyl (C=O) groups excluding carboxylic acids is 2. The van der Waals surface area contributed by atoms with Gasteiger partial charge in [-0.25, -0.2) is 0 Å². The van der Waals surface area contributed by atoms with Gasteiger partial charge in [-0.2, -0.15) is 5.10 Å². The third-order valence-electron chi connectivity index (χ3n) is 3.02. The van der Waals surface area contributed by atoms with Gasteiger partial charge in [0.25, 0.3) is 5.91 Å². The van der Waals surface area contributed by atoms with Crippen LogP contribution in [-0.4, -0.2) is 57.1 Å². The third kappa shape index (κ3) is 2.56. The van der Waals surface area contributed by atoms with E-state index in [9.17, 15) is 14.4 Å². The Hall–Kier alpha value is -2.38. The van der Waals surface area contributed by atoms with E-state index in [2.05, 4.69) is 15.5 Å². The molecule has 2 amide bonds. The normalized spacial score (nSPS) is 19.1. The van der Waals surface area contributed by atoms with Crippen LogP contribution in [-0.2, 0) is 9.59 Å². The van der Waals surface area contributed by atoms with E-state index >= 15 is 0 Å². The van der Waals surface area contributed by atoms with Crippen molar-refractivity contribution in [3.8, 4) is 0 Å². The average molecular weight is 266 g/mol. The van der Waals surface area contributed by atoms with E-state index in [4.69, 9.17) is 5.11 Å². The number of nitrogens with zero attached hydrogens (tertiary/aromatic N) is 2. The lowest BCUT2D eigenvalue weighted by Gasteiger charge is -2.34. The fraction of sp³-hybridized carbons (Fsp3) is 0.455. The number of hydrogen-bond acceptors (Lipinski definition) is 4. The number of aliphatic carboxylic acids is 1. The highest BCUT2D eigenvalue weighted by Gasteiger charge is 2.35. The monoisotopic (exact) mass is 266 g/mol. The molecular weight excluding hydrogens is 252 g/mol. The molecule has 1 fully saturated rings. The number of aryl methyl sites for hydroxylation is 1. The number of piperazine rings is 1. The van der Waals surface area contributed by atoms with Gasteiger partial charge in [0.2, 0.25) is 5.91 Å². The summed E-state index contributed by atoms with van der Waals surface area (Å²) in [5, 5.41) is 17.8. The minimum atomic E-state index is -1.12. The average Bonchev–Trinajstić information content (AvgIpc) is 2.77. The number of carbonyl (C=O) groups is 3. The van der Waals surface area contributed by atoms with Gasteiger partial charge in [0, 0.05) is 18.8 Å². The lowest BCUT2D eigenvalue weighted by atomic mass is 10.1.